The first-order valence-corrected chi connectivity index (χ1v) is 7.61. The second-order valence-electron chi connectivity index (χ2n) is 5.80. The van der Waals surface area contributed by atoms with E-state index in [4.69, 9.17) is 4.74 Å². The van der Waals surface area contributed by atoms with Crippen molar-refractivity contribution in [1.82, 2.24) is 15.5 Å². The molecule has 2 fully saturated rings. The zero-order chi connectivity index (χ0) is 15.5. The van der Waals surface area contributed by atoms with E-state index in [1.165, 1.54) is 0 Å². The molecule has 1 aromatic rings. The summed E-state index contributed by atoms with van der Waals surface area (Å²) in [7, 11) is 1.61. The lowest BCUT2D eigenvalue weighted by Crippen LogP contribution is -2.50. The maximum atomic E-state index is 12.4. The Morgan fingerprint density at radius 2 is 2.05 bits per heavy atom. The summed E-state index contributed by atoms with van der Waals surface area (Å²) in [6.07, 6.45) is 0.439. The zero-order valence-corrected chi connectivity index (χ0v) is 12.6. The lowest BCUT2D eigenvalue weighted by molar-refractivity contribution is -0.127. The molecule has 3 atom stereocenters. The zero-order valence-electron chi connectivity index (χ0n) is 12.6. The number of urea groups is 1. The minimum absolute atomic E-state index is 0.00936. The number of nitrogens with zero attached hydrogens (tertiary/aromatic N) is 1. The number of benzene rings is 1. The van der Waals surface area contributed by atoms with Gasteiger partial charge in [0, 0.05) is 26.7 Å². The molecule has 0 aliphatic carbocycles. The molecule has 3 rings (SSSR count). The van der Waals surface area contributed by atoms with Crippen LogP contribution in [0.1, 0.15) is 12.0 Å². The number of amides is 3. The van der Waals surface area contributed by atoms with Gasteiger partial charge in [-0.05, 0) is 12.0 Å². The Bertz CT molecular complexity index is 549. The average molecular weight is 303 g/mol. The number of ether oxygens (including phenoxy) is 1. The third kappa shape index (κ3) is 3.06. The third-order valence-corrected chi connectivity index (χ3v) is 4.30. The predicted molar refractivity (Wildman–Crippen MR) is 81.1 cm³/mol. The van der Waals surface area contributed by atoms with Crippen LogP contribution in [0.5, 0.6) is 0 Å². The van der Waals surface area contributed by atoms with Crippen molar-refractivity contribution < 1.29 is 14.3 Å². The second-order valence-corrected chi connectivity index (χ2v) is 5.80. The standard InChI is InChI=1S/C16H21N3O3/c1-17-16(21)19-9-12-7-13(14(10-19)22-12)15(20)18-8-11-5-3-2-4-6-11/h2-6,12-14H,7-10H2,1H3,(H,17,21)(H,18,20). The highest BCUT2D eigenvalue weighted by atomic mass is 16.5. The van der Waals surface area contributed by atoms with Crippen LogP contribution in [-0.2, 0) is 16.1 Å². The molecule has 2 aliphatic heterocycles. The van der Waals surface area contributed by atoms with E-state index in [1.54, 1.807) is 11.9 Å². The number of fused-ring (bicyclic) bond motifs is 2. The lowest BCUT2D eigenvalue weighted by Gasteiger charge is -2.32. The average Bonchev–Trinajstić information content (AvgIpc) is 2.86. The van der Waals surface area contributed by atoms with Gasteiger partial charge in [-0.25, -0.2) is 4.79 Å². The Morgan fingerprint density at radius 1 is 1.27 bits per heavy atom. The SMILES string of the molecule is CNC(=O)N1CC2CC(C(=O)NCc3ccccc3)C(C1)O2. The summed E-state index contributed by atoms with van der Waals surface area (Å²) >= 11 is 0. The van der Waals surface area contributed by atoms with Crippen molar-refractivity contribution in [2.24, 2.45) is 5.92 Å². The molecule has 2 bridgehead atoms. The molecule has 0 saturated carbocycles. The van der Waals surface area contributed by atoms with Gasteiger partial charge in [-0.15, -0.1) is 0 Å². The van der Waals surface area contributed by atoms with Crippen molar-refractivity contribution >= 4 is 11.9 Å². The van der Waals surface area contributed by atoms with Crippen molar-refractivity contribution in [3.63, 3.8) is 0 Å². The summed E-state index contributed by atoms with van der Waals surface area (Å²) in [5.41, 5.74) is 1.07. The summed E-state index contributed by atoms with van der Waals surface area (Å²) in [5, 5.41) is 5.60. The van der Waals surface area contributed by atoms with Gasteiger partial charge < -0.3 is 20.3 Å². The van der Waals surface area contributed by atoms with E-state index >= 15 is 0 Å². The van der Waals surface area contributed by atoms with Gasteiger partial charge in [-0.2, -0.15) is 0 Å². The summed E-state index contributed by atoms with van der Waals surface area (Å²) in [5.74, 6) is -0.168. The van der Waals surface area contributed by atoms with Gasteiger partial charge in [0.15, 0.2) is 0 Å². The van der Waals surface area contributed by atoms with Crippen molar-refractivity contribution in [2.45, 2.75) is 25.2 Å². The molecule has 118 valence electrons. The molecule has 6 heteroatoms. The second kappa shape index (κ2) is 6.36. The molecule has 3 amide bonds. The minimum atomic E-state index is -0.202. The van der Waals surface area contributed by atoms with Crippen LogP contribution >= 0.6 is 0 Å². The fourth-order valence-corrected chi connectivity index (χ4v) is 3.17. The van der Waals surface area contributed by atoms with Crippen molar-refractivity contribution in [3.05, 3.63) is 35.9 Å². The van der Waals surface area contributed by atoms with E-state index in [2.05, 4.69) is 10.6 Å². The van der Waals surface area contributed by atoms with E-state index in [-0.39, 0.29) is 30.1 Å². The topological polar surface area (TPSA) is 70.7 Å². The number of rotatable bonds is 3. The molecule has 3 unspecified atom stereocenters. The maximum Gasteiger partial charge on any atom is 0.317 e. The summed E-state index contributed by atoms with van der Waals surface area (Å²) in [4.78, 5) is 25.9. The Morgan fingerprint density at radius 3 is 2.77 bits per heavy atom. The van der Waals surface area contributed by atoms with Gasteiger partial charge in [-0.3, -0.25) is 4.79 Å². The number of nitrogens with one attached hydrogen (secondary N) is 2. The van der Waals surface area contributed by atoms with E-state index in [0.29, 0.717) is 26.1 Å². The first-order valence-electron chi connectivity index (χ1n) is 7.61. The fraction of sp³-hybridized carbons (Fsp3) is 0.500. The smallest absolute Gasteiger partial charge is 0.317 e. The Hall–Kier alpha value is -2.08. The number of hydrogen-bond donors (Lipinski definition) is 2. The molecule has 0 spiro atoms. The number of hydrogen-bond acceptors (Lipinski definition) is 3. The van der Waals surface area contributed by atoms with Gasteiger partial charge >= 0.3 is 6.03 Å². The summed E-state index contributed by atoms with van der Waals surface area (Å²) in [6.45, 7) is 1.55. The third-order valence-electron chi connectivity index (χ3n) is 4.30. The van der Waals surface area contributed by atoms with Gasteiger partial charge in [0.2, 0.25) is 5.91 Å². The first kappa shape index (κ1) is 14.8. The van der Waals surface area contributed by atoms with Crippen LogP contribution in [0.3, 0.4) is 0 Å². The molecule has 2 N–H and O–H groups in total. The van der Waals surface area contributed by atoms with Crippen LogP contribution in [0.25, 0.3) is 0 Å². The maximum absolute atomic E-state index is 12.4. The molecule has 0 radical (unpaired) electrons. The quantitative estimate of drug-likeness (QED) is 0.865. The Kier molecular flexibility index (Phi) is 4.29. The van der Waals surface area contributed by atoms with E-state index < -0.39 is 0 Å². The van der Waals surface area contributed by atoms with Crippen LogP contribution in [0.4, 0.5) is 4.79 Å². The molecule has 2 saturated heterocycles. The van der Waals surface area contributed by atoms with Gasteiger partial charge in [0.05, 0.1) is 18.1 Å². The van der Waals surface area contributed by atoms with Crippen LogP contribution < -0.4 is 10.6 Å². The minimum Gasteiger partial charge on any atom is -0.370 e. The molecule has 0 aromatic heterocycles. The number of likely N-dealkylation sites (tertiary alicyclic amines) is 1. The van der Waals surface area contributed by atoms with E-state index in [1.807, 2.05) is 30.3 Å². The lowest BCUT2D eigenvalue weighted by atomic mass is 9.99. The molecule has 6 nitrogen and oxygen atoms in total. The Balaban J connectivity index is 1.57. The fourth-order valence-electron chi connectivity index (χ4n) is 3.17. The van der Waals surface area contributed by atoms with Crippen molar-refractivity contribution in [2.75, 3.05) is 20.1 Å². The highest BCUT2D eigenvalue weighted by Crippen LogP contribution is 2.32. The summed E-state index contributed by atoms with van der Waals surface area (Å²) in [6, 6.07) is 9.72. The van der Waals surface area contributed by atoms with Crippen LogP contribution in [-0.4, -0.2) is 49.2 Å². The number of carbonyl (C=O) groups is 2. The highest BCUT2D eigenvalue weighted by Gasteiger charge is 2.45. The van der Waals surface area contributed by atoms with Crippen LogP contribution in [0.2, 0.25) is 0 Å². The molecule has 2 aliphatic rings. The predicted octanol–water partition coefficient (Wildman–Crippen LogP) is 0.731. The molecule has 1 aromatic carbocycles. The molecular formula is C16H21N3O3. The van der Waals surface area contributed by atoms with Gasteiger partial charge in [0.25, 0.3) is 0 Å². The highest BCUT2D eigenvalue weighted by molar-refractivity contribution is 5.80. The van der Waals surface area contributed by atoms with E-state index in [9.17, 15) is 9.59 Å². The molecule has 22 heavy (non-hydrogen) atoms. The molecular weight excluding hydrogens is 282 g/mol. The summed E-state index contributed by atoms with van der Waals surface area (Å²) < 4.78 is 5.83. The van der Waals surface area contributed by atoms with Crippen molar-refractivity contribution in [1.29, 1.82) is 0 Å². The molecule has 2 heterocycles. The van der Waals surface area contributed by atoms with Crippen LogP contribution in [0.15, 0.2) is 30.3 Å². The monoisotopic (exact) mass is 303 g/mol. The number of carbonyl (C=O) groups excluding carboxylic acids is 2. The van der Waals surface area contributed by atoms with Gasteiger partial charge in [0.1, 0.15) is 0 Å². The normalized spacial score (nSPS) is 26.6. The number of morpholine rings is 1. The van der Waals surface area contributed by atoms with Gasteiger partial charge in [-0.1, -0.05) is 30.3 Å². The van der Waals surface area contributed by atoms with Crippen molar-refractivity contribution in [3.8, 4) is 0 Å². The first-order chi connectivity index (χ1) is 10.7. The Labute approximate surface area is 129 Å². The van der Waals surface area contributed by atoms with Crippen LogP contribution in [0, 0.1) is 5.92 Å². The van der Waals surface area contributed by atoms with E-state index in [0.717, 1.165) is 5.56 Å². The largest absolute Gasteiger partial charge is 0.370 e.